The van der Waals surface area contributed by atoms with Crippen LogP contribution in [0.5, 0.6) is 5.75 Å². The van der Waals surface area contributed by atoms with E-state index < -0.39 is 0 Å². The van der Waals surface area contributed by atoms with Crippen molar-refractivity contribution in [3.8, 4) is 5.75 Å². The predicted molar refractivity (Wildman–Crippen MR) is 71.2 cm³/mol. The summed E-state index contributed by atoms with van der Waals surface area (Å²) < 4.78 is 5.47. The molecule has 0 saturated carbocycles. The number of ether oxygens (including phenoxy) is 1. The van der Waals surface area contributed by atoms with E-state index in [-0.39, 0.29) is 26.5 Å². The molecule has 0 unspecified atom stereocenters. The maximum absolute atomic E-state index is 5.47. The average molecular weight is 417 g/mol. The van der Waals surface area contributed by atoms with Gasteiger partial charge in [-0.3, -0.25) is 0 Å². The van der Waals surface area contributed by atoms with Crippen LogP contribution in [0.3, 0.4) is 0 Å². The van der Waals surface area contributed by atoms with Crippen LogP contribution in [0.1, 0.15) is 52.3 Å². The third-order valence-electron chi connectivity index (χ3n) is 2.49. The molecule has 0 atom stereocenters. The molecule has 0 spiro atoms. The number of hydrogen-bond donors (Lipinski definition) is 0. The standard InChI is InChI=1S/C12H16NO.C3H7.W/c1-12(2,3)11-7-9-5-4-6-14-10(9)8-13-11;1-3-2;/h7H,4-6H2,1-3H3;3H,1-2H3;/q2*-1;+2. The zero-order valence-corrected chi connectivity index (χ0v) is 15.0. The summed E-state index contributed by atoms with van der Waals surface area (Å²) in [6, 6.07) is 2.16. The number of aromatic nitrogens is 1. The first-order valence-electron chi connectivity index (χ1n) is 6.28. The minimum absolute atomic E-state index is 0. The van der Waals surface area contributed by atoms with Crippen LogP contribution in [-0.4, -0.2) is 11.6 Å². The van der Waals surface area contributed by atoms with E-state index in [1.807, 2.05) is 20.3 Å². The summed E-state index contributed by atoms with van der Waals surface area (Å²) in [5.74, 6) is 0.851. The van der Waals surface area contributed by atoms with Crippen molar-refractivity contribution in [1.82, 2.24) is 4.98 Å². The molecule has 1 aliphatic rings. The van der Waals surface area contributed by atoms with Gasteiger partial charge in [-0.15, -0.1) is 11.6 Å². The quantitative estimate of drug-likeness (QED) is 0.601. The van der Waals surface area contributed by atoms with Crippen LogP contribution in [0.15, 0.2) is 6.07 Å². The largest absolute Gasteiger partial charge is 2.00 e. The zero-order chi connectivity index (χ0) is 12.9. The average Bonchev–Trinajstić information content (AvgIpc) is 2.28. The smallest absolute Gasteiger partial charge is 0.518 e. The first kappa shape index (κ1) is 17.6. The van der Waals surface area contributed by atoms with Gasteiger partial charge in [0.05, 0.1) is 6.61 Å². The maximum atomic E-state index is 5.47. The Morgan fingerprint density at radius 1 is 1.33 bits per heavy atom. The van der Waals surface area contributed by atoms with Crippen LogP contribution in [0.25, 0.3) is 0 Å². The summed E-state index contributed by atoms with van der Waals surface area (Å²) in [5.41, 5.74) is 2.46. The van der Waals surface area contributed by atoms with Crippen molar-refractivity contribution in [2.24, 2.45) is 0 Å². The van der Waals surface area contributed by atoms with Crippen LogP contribution in [0.2, 0.25) is 0 Å². The van der Waals surface area contributed by atoms with Gasteiger partial charge in [-0.2, -0.15) is 13.8 Å². The first-order chi connectivity index (χ1) is 7.99. The Labute approximate surface area is 126 Å². The van der Waals surface area contributed by atoms with E-state index >= 15 is 0 Å². The number of pyridine rings is 1. The Hall–Kier alpha value is -0.362. The molecule has 1 aromatic heterocycles. The molecule has 1 aliphatic heterocycles. The van der Waals surface area contributed by atoms with E-state index in [0.29, 0.717) is 0 Å². The van der Waals surface area contributed by atoms with Crippen molar-refractivity contribution in [2.45, 2.75) is 52.9 Å². The molecule has 3 heteroatoms. The monoisotopic (exact) mass is 417 g/mol. The number of nitrogens with zero attached hydrogens (tertiary/aromatic N) is 1. The van der Waals surface area contributed by atoms with Gasteiger partial charge in [0.1, 0.15) is 0 Å². The summed E-state index contributed by atoms with van der Waals surface area (Å²) in [6.45, 7) is 11.3. The van der Waals surface area contributed by atoms with E-state index in [9.17, 15) is 0 Å². The van der Waals surface area contributed by atoms with E-state index in [0.717, 1.165) is 30.9 Å². The molecule has 2 nitrogen and oxygen atoms in total. The van der Waals surface area contributed by atoms with E-state index in [2.05, 4.69) is 38.0 Å². The number of rotatable bonds is 0. The summed E-state index contributed by atoms with van der Waals surface area (Å²) >= 11 is 0. The minimum atomic E-state index is 0. The molecule has 0 fully saturated rings. The Morgan fingerprint density at radius 2 is 1.94 bits per heavy atom. The third-order valence-corrected chi connectivity index (χ3v) is 2.49. The SMILES string of the molecule is CC(C)(C)c1cc2c([c-]n1)OCCC2.C[CH-]C.[W+2]. The Bertz CT molecular complexity index is 358. The molecule has 1 aromatic rings. The first-order valence-corrected chi connectivity index (χ1v) is 6.28. The van der Waals surface area contributed by atoms with E-state index in [1.165, 1.54) is 5.56 Å². The van der Waals surface area contributed by atoms with Gasteiger partial charge in [-0.05, 0) is 18.0 Å². The van der Waals surface area contributed by atoms with Crippen molar-refractivity contribution in [3.05, 3.63) is 29.9 Å². The van der Waals surface area contributed by atoms with Crippen molar-refractivity contribution >= 4 is 0 Å². The fourth-order valence-electron chi connectivity index (χ4n) is 1.58. The fourth-order valence-corrected chi connectivity index (χ4v) is 1.58. The molecule has 0 bridgehead atoms. The summed E-state index contributed by atoms with van der Waals surface area (Å²) in [6.07, 6.45) is 7.19. The maximum Gasteiger partial charge on any atom is 2.00 e. The molecular weight excluding hydrogens is 394 g/mol. The van der Waals surface area contributed by atoms with E-state index in [4.69, 9.17) is 4.74 Å². The van der Waals surface area contributed by atoms with Crippen molar-refractivity contribution in [2.75, 3.05) is 6.61 Å². The second-order valence-corrected chi connectivity index (χ2v) is 5.39. The third kappa shape index (κ3) is 5.10. The molecule has 0 N–H and O–H groups in total. The normalized spacial score (nSPS) is 13.4. The molecule has 0 amide bonds. The predicted octanol–water partition coefficient (Wildman–Crippen LogP) is 3.73. The summed E-state index contributed by atoms with van der Waals surface area (Å²) in [5, 5.41) is 0. The molecule has 100 valence electrons. The molecule has 18 heavy (non-hydrogen) atoms. The molecule has 0 aliphatic carbocycles. The van der Waals surface area contributed by atoms with Gasteiger partial charge < -0.3 is 16.1 Å². The van der Waals surface area contributed by atoms with Gasteiger partial charge in [0.2, 0.25) is 0 Å². The fraction of sp³-hybridized carbons (Fsp3) is 0.600. The van der Waals surface area contributed by atoms with Crippen molar-refractivity contribution in [1.29, 1.82) is 0 Å². The molecular formula is C15H23NOW. The second kappa shape index (κ2) is 7.94. The van der Waals surface area contributed by atoms with Crippen LogP contribution in [-0.2, 0) is 32.9 Å². The van der Waals surface area contributed by atoms with Crippen LogP contribution in [0, 0.1) is 12.6 Å². The summed E-state index contributed by atoms with van der Waals surface area (Å²) in [4.78, 5) is 4.31. The van der Waals surface area contributed by atoms with Gasteiger partial charge in [-0.1, -0.05) is 32.9 Å². The molecule has 0 aromatic carbocycles. The number of hydrogen-bond acceptors (Lipinski definition) is 2. The molecule has 0 radical (unpaired) electrons. The number of fused-ring (bicyclic) bond motifs is 1. The minimum Gasteiger partial charge on any atom is -0.518 e. The van der Waals surface area contributed by atoms with Crippen LogP contribution < -0.4 is 4.74 Å². The molecule has 2 rings (SSSR count). The van der Waals surface area contributed by atoms with Gasteiger partial charge in [0.25, 0.3) is 0 Å². The Kier molecular flexibility index (Phi) is 7.78. The Balaban J connectivity index is 0.000000660. The van der Waals surface area contributed by atoms with Crippen molar-refractivity contribution < 1.29 is 25.8 Å². The van der Waals surface area contributed by atoms with Crippen LogP contribution >= 0.6 is 0 Å². The zero-order valence-electron chi connectivity index (χ0n) is 12.0. The van der Waals surface area contributed by atoms with Gasteiger partial charge in [0, 0.05) is 5.75 Å². The van der Waals surface area contributed by atoms with Gasteiger partial charge in [0.15, 0.2) is 0 Å². The van der Waals surface area contributed by atoms with Gasteiger partial charge in [-0.25, -0.2) is 0 Å². The van der Waals surface area contributed by atoms with Gasteiger partial charge >= 0.3 is 21.1 Å². The summed E-state index contributed by atoms with van der Waals surface area (Å²) in [7, 11) is 0. The second-order valence-electron chi connectivity index (χ2n) is 5.39. The molecule has 0 saturated heterocycles. The molecule has 2 heterocycles. The van der Waals surface area contributed by atoms with Crippen LogP contribution in [0.4, 0.5) is 0 Å². The topological polar surface area (TPSA) is 22.1 Å². The number of aryl methyl sites for hydroxylation is 1. The van der Waals surface area contributed by atoms with E-state index in [1.54, 1.807) is 0 Å². The van der Waals surface area contributed by atoms with Crippen molar-refractivity contribution in [3.63, 3.8) is 0 Å². The Morgan fingerprint density at radius 3 is 2.50 bits per heavy atom.